The highest BCUT2D eigenvalue weighted by molar-refractivity contribution is 7.87. The molecule has 0 spiro atoms. The van der Waals surface area contributed by atoms with Crippen molar-refractivity contribution in [2.75, 3.05) is 13.2 Å². The summed E-state index contributed by atoms with van der Waals surface area (Å²) in [6, 6.07) is 0. The maximum absolute atomic E-state index is 10.4. The monoisotopic (exact) mass is 182 g/mol. The molecule has 0 aliphatic carbocycles. The van der Waals surface area contributed by atoms with Crippen LogP contribution in [0.1, 0.15) is 13.8 Å². The van der Waals surface area contributed by atoms with Crippen molar-refractivity contribution >= 4 is 10.2 Å². The minimum absolute atomic E-state index is 0.140. The molecule has 0 radical (unpaired) electrons. The number of nitrogens with one attached hydrogen (secondary N) is 1. The summed E-state index contributed by atoms with van der Waals surface area (Å²) in [7, 11) is -3.57. The average Bonchev–Trinajstić information content (AvgIpc) is 1.83. The highest BCUT2D eigenvalue weighted by Crippen LogP contribution is 1.87. The number of nitrogens with two attached hydrogens (primary N) is 1. The molecule has 5 nitrogen and oxygen atoms in total. The molecule has 0 heterocycles. The van der Waals surface area contributed by atoms with Crippen molar-refractivity contribution in [1.29, 1.82) is 0 Å². The smallest absolute Gasteiger partial charge is 0.274 e. The molecular weight excluding hydrogens is 168 g/mol. The lowest BCUT2D eigenvalue weighted by Crippen LogP contribution is -2.36. The van der Waals surface area contributed by atoms with Crippen LogP contribution in [0.5, 0.6) is 0 Å². The molecule has 0 aromatic heterocycles. The normalized spacial score (nSPS) is 14.8. The molecule has 0 saturated carbocycles. The molecule has 0 amide bonds. The Morgan fingerprint density at radius 2 is 2.18 bits per heavy atom. The van der Waals surface area contributed by atoms with Gasteiger partial charge in [0.2, 0.25) is 0 Å². The topological polar surface area (TPSA) is 81.4 Å². The van der Waals surface area contributed by atoms with Gasteiger partial charge in [0.1, 0.15) is 0 Å². The van der Waals surface area contributed by atoms with E-state index in [4.69, 9.17) is 4.74 Å². The second-order valence-electron chi connectivity index (χ2n) is 2.16. The van der Waals surface area contributed by atoms with Gasteiger partial charge in [-0.2, -0.15) is 13.1 Å². The minimum Gasteiger partial charge on any atom is -0.377 e. The molecule has 0 aromatic carbocycles. The third kappa shape index (κ3) is 7.73. The number of rotatable bonds is 5. The summed E-state index contributed by atoms with van der Waals surface area (Å²) >= 11 is 0. The van der Waals surface area contributed by atoms with Gasteiger partial charge in [0.05, 0.1) is 6.10 Å². The molecule has 0 aliphatic heterocycles. The van der Waals surface area contributed by atoms with E-state index in [1.165, 1.54) is 0 Å². The molecule has 0 bridgehead atoms. The van der Waals surface area contributed by atoms with Gasteiger partial charge >= 0.3 is 0 Å². The van der Waals surface area contributed by atoms with Crippen molar-refractivity contribution in [2.24, 2.45) is 5.14 Å². The Bertz CT molecular complexity index is 190. The quantitative estimate of drug-likeness (QED) is 0.584. The van der Waals surface area contributed by atoms with Crippen LogP contribution in [0.4, 0.5) is 0 Å². The summed E-state index contributed by atoms with van der Waals surface area (Å²) < 4.78 is 27.9. The second-order valence-corrected chi connectivity index (χ2v) is 3.54. The van der Waals surface area contributed by atoms with E-state index in [0.717, 1.165) is 0 Å². The summed E-state index contributed by atoms with van der Waals surface area (Å²) in [5.41, 5.74) is 0. The second kappa shape index (κ2) is 4.66. The predicted octanol–water partition coefficient (Wildman–Crippen LogP) is -0.795. The standard InChI is InChI=1S/C5H14N2O3S/c1-3-10-5(2)4-7-11(6,8)9/h5,7H,3-4H2,1-2H3,(H2,6,8,9). The van der Waals surface area contributed by atoms with Crippen LogP contribution >= 0.6 is 0 Å². The van der Waals surface area contributed by atoms with Crippen LogP contribution in [0.3, 0.4) is 0 Å². The fraction of sp³-hybridized carbons (Fsp3) is 1.00. The SMILES string of the molecule is CCOC(C)CNS(N)(=O)=O. The molecule has 1 unspecified atom stereocenters. The molecule has 68 valence electrons. The van der Waals surface area contributed by atoms with Crippen molar-refractivity contribution in [3.05, 3.63) is 0 Å². The van der Waals surface area contributed by atoms with Gasteiger partial charge < -0.3 is 4.74 Å². The minimum atomic E-state index is -3.57. The van der Waals surface area contributed by atoms with Gasteiger partial charge in [-0.25, -0.2) is 5.14 Å². The molecule has 0 aromatic rings. The van der Waals surface area contributed by atoms with Crippen LogP contribution < -0.4 is 9.86 Å². The van der Waals surface area contributed by atoms with E-state index in [9.17, 15) is 8.42 Å². The number of hydrogen-bond donors (Lipinski definition) is 2. The van der Waals surface area contributed by atoms with E-state index in [2.05, 4.69) is 9.86 Å². The Kier molecular flexibility index (Phi) is 4.58. The summed E-state index contributed by atoms with van der Waals surface area (Å²) in [5, 5.41) is 4.69. The fourth-order valence-electron chi connectivity index (χ4n) is 0.577. The Hall–Kier alpha value is -0.170. The lowest BCUT2D eigenvalue weighted by atomic mass is 10.4. The number of hydrogen-bond acceptors (Lipinski definition) is 3. The van der Waals surface area contributed by atoms with Gasteiger partial charge in [-0.15, -0.1) is 0 Å². The van der Waals surface area contributed by atoms with Gasteiger partial charge in [-0.1, -0.05) is 0 Å². The van der Waals surface area contributed by atoms with Crippen molar-refractivity contribution < 1.29 is 13.2 Å². The first-order valence-corrected chi connectivity index (χ1v) is 4.89. The van der Waals surface area contributed by atoms with E-state index >= 15 is 0 Å². The first-order chi connectivity index (χ1) is 4.95. The highest BCUT2D eigenvalue weighted by atomic mass is 32.2. The van der Waals surface area contributed by atoms with Gasteiger partial charge in [0.15, 0.2) is 0 Å². The van der Waals surface area contributed by atoms with E-state index in [1.807, 2.05) is 6.92 Å². The molecule has 0 rings (SSSR count). The van der Waals surface area contributed by atoms with Gasteiger partial charge in [-0.05, 0) is 13.8 Å². The molecule has 0 saturated heterocycles. The van der Waals surface area contributed by atoms with Crippen molar-refractivity contribution in [3.63, 3.8) is 0 Å². The lowest BCUT2D eigenvalue weighted by molar-refractivity contribution is 0.0799. The first-order valence-electron chi connectivity index (χ1n) is 3.34. The van der Waals surface area contributed by atoms with E-state index in [1.54, 1.807) is 6.92 Å². The van der Waals surface area contributed by atoms with Gasteiger partial charge in [-0.3, -0.25) is 0 Å². The van der Waals surface area contributed by atoms with Gasteiger partial charge in [0, 0.05) is 13.2 Å². The maximum Gasteiger partial charge on any atom is 0.274 e. The largest absolute Gasteiger partial charge is 0.377 e. The zero-order valence-corrected chi connectivity index (χ0v) is 7.52. The molecule has 6 heteroatoms. The van der Waals surface area contributed by atoms with E-state index in [-0.39, 0.29) is 12.6 Å². The molecule has 0 aliphatic rings. The zero-order chi connectivity index (χ0) is 8.91. The van der Waals surface area contributed by atoms with E-state index < -0.39 is 10.2 Å². The van der Waals surface area contributed by atoms with Crippen LogP contribution in [0.2, 0.25) is 0 Å². The van der Waals surface area contributed by atoms with Crippen molar-refractivity contribution in [1.82, 2.24) is 4.72 Å². The predicted molar refractivity (Wildman–Crippen MR) is 42.2 cm³/mol. The zero-order valence-electron chi connectivity index (χ0n) is 6.70. The average molecular weight is 182 g/mol. The lowest BCUT2D eigenvalue weighted by Gasteiger charge is -2.10. The third-order valence-corrected chi connectivity index (χ3v) is 1.59. The molecule has 11 heavy (non-hydrogen) atoms. The van der Waals surface area contributed by atoms with Crippen LogP contribution in [0.15, 0.2) is 0 Å². The first kappa shape index (κ1) is 10.8. The van der Waals surface area contributed by atoms with Crippen molar-refractivity contribution in [3.8, 4) is 0 Å². The van der Waals surface area contributed by atoms with Crippen LogP contribution in [0, 0.1) is 0 Å². The summed E-state index contributed by atoms with van der Waals surface area (Å²) in [5.74, 6) is 0. The Balaban J connectivity index is 3.54. The Morgan fingerprint density at radius 1 is 1.64 bits per heavy atom. The number of ether oxygens (including phenoxy) is 1. The third-order valence-electron chi connectivity index (χ3n) is 1.02. The highest BCUT2D eigenvalue weighted by Gasteiger charge is 2.04. The molecule has 0 fully saturated rings. The maximum atomic E-state index is 10.4. The summed E-state index contributed by atoms with van der Waals surface area (Å²) in [6.07, 6.45) is -0.140. The summed E-state index contributed by atoms with van der Waals surface area (Å²) in [4.78, 5) is 0. The van der Waals surface area contributed by atoms with Crippen molar-refractivity contribution in [2.45, 2.75) is 20.0 Å². The van der Waals surface area contributed by atoms with Crippen LogP contribution in [-0.4, -0.2) is 27.7 Å². The summed E-state index contributed by atoms with van der Waals surface area (Å²) in [6.45, 7) is 4.38. The fourth-order valence-corrected chi connectivity index (χ4v) is 1.04. The Morgan fingerprint density at radius 3 is 2.55 bits per heavy atom. The van der Waals surface area contributed by atoms with Gasteiger partial charge in [0.25, 0.3) is 10.2 Å². The Labute approximate surface area is 67.1 Å². The molecule has 1 atom stereocenters. The molecule has 3 N–H and O–H groups in total. The molecular formula is C5H14N2O3S. The van der Waals surface area contributed by atoms with E-state index in [0.29, 0.717) is 6.61 Å². The van der Waals surface area contributed by atoms with Crippen LogP contribution in [0.25, 0.3) is 0 Å². The van der Waals surface area contributed by atoms with Crippen LogP contribution in [-0.2, 0) is 14.9 Å².